The van der Waals surface area contributed by atoms with Gasteiger partial charge in [0.05, 0.1) is 0 Å². The molecule has 0 aromatic heterocycles. The maximum Gasteiger partial charge on any atom is 0.265 e. The Bertz CT molecular complexity index is 881. The number of anilines is 1. The molecule has 24 heavy (non-hydrogen) atoms. The number of rotatable bonds is 4. The van der Waals surface area contributed by atoms with Crippen LogP contribution in [0.4, 0.5) is 5.69 Å². The van der Waals surface area contributed by atoms with Crippen LogP contribution >= 0.6 is 0 Å². The summed E-state index contributed by atoms with van der Waals surface area (Å²) in [6.45, 7) is 5.84. The van der Waals surface area contributed by atoms with Gasteiger partial charge in [0.1, 0.15) is 5.75 Å². The van der Waals surface area contributed by atoms with Crippen molar-refractivity contribution in [1.29, 1.82) is 0 Å². The summed E-state index contributed by atoms with van der Waals surface area (Å²) in [7, 11) is 0. The Morgan fingerprint density at radius 3 is 2.50 bits per heavy atom. The van der Waals surface area contributed by atoms with E-state index < -0.39 is 6.10 Å². The van der Waals surface area contributed by atoms with Crippen molar-refractivity contribution in [1.82, 2.24) is 0 Å². The molecule has 3 aromatic carbocycles. The number of carbonyl (C=O) groups excluding carboxylic acids is 1. The molecule has 1 N–H and O–H groups in total. The minimum atomic E-state index is -0.586. The third-order valence-corrected chi connectivity index (χ3v) is 4.20. The van der Waals surface area contributed by atoms with E-state index in [1.165, 1.54) is 5.56 Å². The highest BCUT2D eigenvalue weighted by Gasteiger charge is 2.16. The molecule has 3 heteroatoms. The van der Waals surface area contributed by atoms with E-state index in [1.807, 2.05) is 74.5 Å². The first kappa shape index (κ1) is 16.1. The van der Waals surface area contributed by atoms with E-state index in [-0.39, 0.29) is 5.91 Å². The van der Waals surface area contributed by atoms with Gasteiger partial charge in [-0.3, -0.25) is 4.79 Å². The minimum absolute atomic E-state index is 0.161. The van der Waals surface area contributed by atoms with Gasteiger partial charge in [0.25, 0.3) is 5.91 Å². The Morgan fingerprint density at radius 2 is 1.71 bits per heavy atom. The van der Waals surface area contributed by atoms with E-state index in [0.717, 1.165) is 27.8 Å². The molecule has 0 spiro atoms. The molecule has 0 aliphatic carbocycles. The van der Waals surface area contributed by atoms with Crippen LogP contribution in [-0.4, -0.2) is 12.0 Å². The fourth-order valence-corrected chi connectivity index (χ4v) is 2.61. The van der Waals surface area contributed by atoms with Crippen LogP contribution in [-0.2, 0) is 4.79 Å². The predicted molar refractivity (Wildman–Crippen MR) is 98.6 cm³/mol. The largest absolute Gasteiger partial charge is 0.480 e. The zero-order valence-electron chi connectivity index (χ0n) is 14.2. The van der Waals surface area contributed by atoms with Crippen LogP contribution in [0.2, 0.25) is 0 Å². The number of carbonyl (C=O) groups is 1. The Balaban J connectivity index is 1.75. The van der Waals surface area contributed by atoms with Crippen molar-refractivity contribution in [2.45, 2.75) is 26.9 Å². The number of aryl methyl sites for hydroxylation is 2. The molecule has 0 aliphatic rings. The monoisotopic (exact) mass is 319 g/mol. The highest BCUT2D eigenvalue weighted by molar-refractivity contribution is 5.95. The Labute approximate surface area is 142 Å². The fourth-order valence-electron chi connectivity index (χ4n) is 2.61. The topological polar surface area (TPSA) is 38.3 Å². The predicted octanol–water partition coefficient (Wildman–Crippen LogP) is 4.86. The standard InChI is InChI=1S/C21H21NO2/c1-14-11-12-18(13-15(14)2)22-21(23)16(3)24-20-10-6-8-17-7-4-5-9-19(17)20/h4-13,16H,1-3H3,(H,22,23). The van der Waals surface area contributed by atoms with Crippen LogP contribution in [0.1, 0.15) is 18.1 Å². The molecule has 1 unspecified atom stereocenters. The highest BCUT2D eigenvalue weighted by atomic mass is 16.5. The summed E-state index contributed by atoms with van der Waals surface area (Å²) >= 11 is 0. The van der Waals surface area contributed by atoms with E-state index in [4.69, 9.17) is 4.74 Å². The van der Waals surface area contributed by atoms with Crippen molar-refractivity contribution < 1.29 is 9.53 Å². The van der Waals surface area contributed by atoms with Gasteiger partial charge in [-0.15, -0.1) is 0 Å². The van der Waals surface area contributed by atoms with Crippen molar-refractivity contribution in [2.24, 2.45) is 0 Å². The third kappa shape index (κ3) is 3.40. The number of fused-ring (bicyclic) bond motifs is 1. The smallest absolute Gasteiger partial charge is 0.265 e. The van der Waals surface area contributed by atoms with E-state index in [1.54, 1.807) is 6.92 Å². The number of ether oxygens (including phenoxy) is 1. The van der Waals surface area contributed by atoms with Crippen LogP contribution in [0.3, 0.4) is 0 Å². The molecule has 0 radical (unpaired) electrons. The molecule has 0 fully saturated rings. The van der Waals surface area contributed by atoms with Crippen LogP contribution in [0.25, 0.3) is 10.8 Å². The van der Waals surface area contributed by atoms with E-state index in [9.17, 15) is 4.79 Å². The fraction of sp³-hybridized carbons (Fsp3) is 0.190. The lowest BCUT2D eigenvalue weighted by atomic mass is 10.1. The molecular formula is C21H21NO2. The molecule has 0 heterocycles. The quantitative estimate of drug-likeness (QED) is 0.745. The second-order valence-electron chi connectivity index (χ2n) is 6.03. The second-order valence-corrected chi connectivity index (χ2v) is 6.03. The molecule has 3 rings (SSSR count). The summed E-state index contributed by atoms with van der Waals surface area (Å²) in [6.07, 6.45) is -0.586. The van der Waals surface area contributed by atoms with Crippen molar-refractivity contribution in [2.75, 3.05) is 5.32 Å². The number of amides is 1. The molecule has 0 aliphatic heterocycles. The van der Waals surface area contributed by atoms with Gasteiger partial charge in [0, 0.05) is 11.1 Å². The van der Waals surface area contributed by atoms with Gasteiger partial charge in [-0.1, -0.05) is 42.5 Å². The average Bonchev–Trinajstić information content (AvgIpc) is 2.58. The van der Waals surface area contributed by atoms with Gasteiger partial charge in [-0.05, 0) is 55.5 Å². The third-order valence-electron chi connectivity index (χ3n) is 4.20. The van der Waals surface area contributed by atoms with Crippen LogP contribution < -0.4 is 10.1 Å². The SMILES string of the molecule is Cc1ccc(NC(=O)C(C)Oc2cccc3ccccc23)cc1C. The van der Waals surface area contributed by atoms with Gasteiger partial charge in [0.15, 0.2) is 6.10 Å². The van der Waals surface area contributed by atoms with Crippen LogP contribution in [0.5, 0.6) is 5.75 Å². The van der Waals surface area contributed by atoms with Gasteiger partial charge < -0.3 is 10.1 Å². The second kappa shape index (κ2) is 6.75. The van der Waals surface area contributed by atoms with Crippen molar-refractivity contribution >= 4 is 22.4 Å². The molecule has 3 nitrogen and oxygen atoms in total. The number of hydrogen-bond donors (Lipinski definition) is 1. The molecule has 1 amide bonds. The normalized spacial score (nSPS) is 12.0. The van der Waals surface area contributed by atoms with Crippen LogP contribution in [0.15, 0.2) is 60.7 Å². The summed E-state index contributed by atoms with van der Waals surface area (Å²) in [5, 5.41) is 5.01. The molecular weight excluding hydrogens is 298 g/mol. The van der Waals surface area contributed by atoms with E-state index >= 15 is 0 Å². The van der Waals surface area contributed by atoms with Gasteiger partial charge in [-0.25, -0.2) is 0 Å². The summed E-state index contributed by atoms with van der Waals surface area (Å²) < 4.78 is 5.90. The maximum atomic E-state index is 12.4. The van der Waals surface area contributed by atoms with Crippen LogP contribution in [0, 0.1) is 13.8 Å². The Kier molecular flexibility index (Phi) is 4.52. The molecule has 3 aromatic rings. The Morgan fingerprint density at radius 1 is 0.958 bits per heavy atom. The summed E-state index contributed by atoms with van der Waals surface area (Å²) in [5.74, 6) is 0.557. The first-order chi connectivity index (χ1) is 11.5. The van der Waals surface area contributed by atoms with Crippen molar-refractivity contribution in [3.63, 3.8) is 0 Å². The zero-order valence-corrected chi connectivity index (χ0v) is 14.2. The first-order valence-corrected chi connectivity index (χ1v) is 8.07. The minimum Gasteiger partial charge on any atom is -0.480 e. The lowest BCUT2D eigenvalue weighted by Gasteiger charge is -2.16. The Hall–Kier alpha value is -2.81. The van der Waals surface area contributed by atoms with Gasteiger partial charge >= 0.3 is 0 Å². The lowest BCUT2D eigenvalue weighted by molar-refractivity contribution is -0.122. The summed E-state index contributed by atoms with van der Waals surface area (Å²) in [4.78, 5) is 12.4. The van der Waals surface area contributed by atoms with Gasteiger partial charge in [0.2, 0.25) is 0 Å². The number of nitrogens with one attached hydrogen (secondary N) is 1. The zero-order chi connectivity index (χ0) is 17.1. The number of hydrogen-bond acceptors (Lipinski definition) is 2. The maximum absolute atomic E-state index is 12.4. The highest BCUT2D eigenvalue weighted by Crippen LogP contribution is 2.26. The first-order valence-electron chi connectivity index (χ1n) is 8.07. The average molecular weight is 319 g/mol. The molecule has 1 atom stereocenters. The van der Waals surface area contributed by atoms with Gasteiger partial charge in [-0.2, -0.15) is 0 Å². The molecule has 0 saturated carbocycles. The summed E-state index contributed by atoms with van der Waals surface area (Å²) in [6, 6.07) is 19.7. The van der Waals surface area contributed by atoms with Crippen molar-refractivity contribution in [3.05, 3.63) is 71.8 Å². The lowest BCUT2D eigenvalue weighted by Crippen LogP contribution is -2.30. The van der Waals surface area contributed by atoms with E-state index in [2.05, 4.69) is 5.32 Å². The molecule has 122 valence electrons. The molecule has 0 bridgehead atoms. The van der Waals surface area contributed by atoms with E-state index in [0.29, 0.717) is 0 Å². The summed E-state index contributed by atoms with van der Waals surface area (Å²) in [5.41, 5.74) is 3.14. The number of benzene rings is 3. The molecule has 0 saturated heterocycles. The van der Waals surface area contributed by atoms with Crippen molar-refractivity contribution in [3.8, 4) is 5.75 Å².